The monoisotopic (exact) mass is 554 g/mol. The van der Waals surface area contributed by atoms with Gasteiger partial charge in [0.15, 0.2) is 5.82 Å². The lowest BCUT2D eigenvalue weighted by Crippen LogP contribution is -2.32. The van der Waals surface area contributed by atoms with Crippen LogP contribution in [0.5, 0.6) is 0 Å². The third-order valence-electron chi connectivity index (χ3n) is 7.78. The van der Waals surface area contributed by atoms with E-state index in [4.69, 9.17) is 0 Å². The van der Waals surface area contributed by atoms with Gasteiger partial charge < -0.3 is 10.2 Å². The Labute approximate surface area is 238 Å². The highest BCUT2D eigenvalue weighted by molar-refractivity contribution is 5.95. The summed E-state index contributed by atoms with van der Waals surface area (Å²) >= 11 is 0. The van der Waals surface area contributed by atoms with Crippen LogP contribution in [0.1, 0.15) is 40.4 Å². The molecular weight excluding hydrogens is 524 g/mol. The van der Waals surface area contributed by atoms with Gasteiger partial charge in [0, 0.05) is 42.7 Å². The first-order valence-corrected chi connectivity index (χ1v) is 13.3. The van der Waals surface area contributed by atoms with Crippen LogP contribution in [0.15, 0.2) is 106 Å². The molecule has 1 aliphatic heterocycles. The molecule has 5 aromatic rings. The Balaban J connectivity index is 0.00000323. The second-order valence-corrected chi connectivity index (χ2v) is 10.2. The van der Waals surface area contributed by atoms with Crippen molar-refractivity contribution >= 4 is 29.1 Å². The zero-order valence-corrected chi connectivity index (χ0v) is 22.9. The predicted molar refractivity (Wildman–Crippen MR) is 159 cm³/mol. The number of halogens is 1. The number of fused-ring (bicyclic) bond motifs is 1. The molecule has 0 spiro atoms. The maximum absolute atomic E-state index is 13.5. The summed E-state index contributed by atoms with van der Waals surface area (Å²) in [6, 6.07) is 32.7. The van der Waals surface area contributed by atoms with E-state index in [1.807, 2.05) is 11.0 Å². The molecule has 40 heavy (non-hydrogen) atoms. The molecule has 2 N–H and O–H groups in total. The minimum atomic E-state index is -0.608. The lowest BCUT2D eigenvalue weighted by molar-refractivity contribution is 0.0786. The summed E-state index contributed by atoms with van der Waals surface area (Å²) in [6.07, 6.45) is 0. The van der Waals surface area contributed by atoms with E-state index >= 15 is 0 Å². The first kappa shape index (κ1) is 27.4. The quantitative estimate of drug-likeness (QED) is 0.265. The summed E-state index contributed by atoms with van der Waals surface area (Å²) in [5.74, 6) is 0.246. The van der Waals surface area contributed by atoms with Gasteiger partial charge in [0.05, 0.1) is 0 Å². The summed E-state index contributed by atoms with van der Waals surface area (Å²) in [7, 11) is 0. The van der Waals surface area contributed by atoms with Crippen molar-refractivity contribution in [3.63, 3.8) is 0 Å². The molecular formula is C32H31ClN4O3. The summed E-state index contributed by atoms with van der Waals surface area (Å²) in [5, 5.41) is 10.0. The van der Waals surface area contributed by atoms with Crippen LogP contribution >= 0.6 is 12.4 Å². The van der Waals surface area contributed by atoms with Crippen LogP contribution in [0.3, 0.4) is 0 Å². The van der Waals surface area contributed by atoms with Crippen LogP contribution < -0.4 is 11.1 Å². The van der Waals surface area contributed by atoms with Crippen molar-refractivity contribution < 1.29 is 9.32 Å². The summed E-state index contributed by atoms with van der Waals surface area (Å²) in [6.45, 7) is 4.34. The third-order valence-corrected chi connectivity index (χ3v) is 7.78. The molecule has 1 fully saturated rings. The molecule has 204 valence electrons. The van der Waals surface area contributed by atoms with Gasteiger partial charge in [-0.25, -0.2) is 4.79 Å². The highest BCUT2D eigenvalue weighted by atomic mass is 35.5. The molecule has 6 rings (SSSR count). The molecule has 4 aromatic carbocycles. The Hall–Kier alpha value is -4.20. The van der Waals surface area contributed by atoms with E-state index in [1.165, 1.54) is 21.9 Å². The zero-order chi connectivity index (χ0) is 26.8. The normalized spacial score (nSPS) is 17.5. The Kier molecular flexibility index (Phi) is 8.14. The van der Waals surface area contributed by atoms with Crippen molar-refractivity contribution in [2.24, 2.45) is 5.92 Å². The maximum Gasteiger partial charge on any atom is 0.439 e. The average molecular weight is 555 g/mol. The molecule has 0 unspecified atom stereocenters. The minimum absolute atomic E-state index is 0. The molecule has 7 nitrogen and oxygen atoms in total. The lowest BCUT2D eigenvalue weighted by atomic mass is 9.88. The van der Waals surface area contributed by atoms with Crippen LogP contribution in [0.25, 0.3) is 22.2 Å². The number of benzene rings is 4. The van der Waals surface area contributed by atoms with Crippen molar-refractivity contribution in [1.29, 1.82) is 0 Å². The molecule has 1 aliphatic rings. The fourth-order valence-corrected chi connectivity index (χ4v) is 5.70. The summed E-state index contributed by atoms with van der Waals surface area (Å²) < 4.78 is 4.59. The second kappa shape index (κ2) is 11.9. The summed E-state index contributed by atoms with van der Waals surface area (Å²) in [4.78, 5) is 29.3. The number of H-pyrrole nitrogens is 1. The number of hydrogen-bond acceptors (Lipinski definition) is 5. The zero-order valence-electron chi connectivity index (χ0n) is 22.1. The molecule has 0 bridgehead atoms. The van der Waals surface area contributed by atoms with Crippen LogP contribution in [0, 0.1) is 5.92 Å². The number of amides is 1. The maximum atomic E-state index is 13.5. The minimum Gasteiger partial charge on any atom is -0.338 e. The van der Waals surface area contributed by atoms with Crippen LogP contribution in [-0.4, -0.2) is 40.6 Å². The Morgan fingerprint density at radius 1 is 0.975 bits per heavy atom. The highest BCUT2D eigenvalue weighted by Crippen LogP contribution is 2.34. The van der Waals surface area contributed by atoms with Gasteiger partial charge in [0.1, 0.15) is 0 Å². The van der Waals surface area contributed by atoms with E-state index in [-0.39, 0.29) is 36.2 Å². The number of carbonyl (C=O) groups is 1. The van der Waals surface area contributed by atoms with Crippen molar-refractivity contribution in [3.05, 3.63) is 124 Å². The Bertz CT molecular complexity index is 1640. The van der Waals surface area contributed by atoms with Crippen LogP contribution in [0.2, 0.25) is 0 Å². The molecule has 8 heteroatoms. The van der Waals surface area contributed by atoms with E-state index in [9.17, 15) is 9.59 Å². The molecule has 2 heterocycles. The first-order chi connectivity index (χ1) is 19.1. The number of aromatic amines is 1. The Morgan fingerprint density at radius 2 is 1.70 bits per heavy atom. The SMILES string of the molecule is C[C@@H](NC[C@@H]1CN(C(=O)c2ccc(-c3noc(=O)[nH]3)cc2)C[C@@H]1c1ccccc1)c1cccc2ccccc12.Cl. The van der Waals surface area contributed by atoms with E-state index in [0.29, 0.717) is 30.0 Å². The number of carbonyl (C=O) groups excluding carboxylic acids is 1. The first-order valence-electron chi connectivity index (χ1n) is 13.3. The van der Waals surface area contributed by atoms with Crippen LogP contribution in [0.4, 0.5) is 0 Å². The standard InChI is InChI=1S/C32H30N4O3.ClH/c1-21(27-13-7-11-22-10-5-6-12-28(22)27)33-18-26-19-36(20-29(26)23-8-3-2-4-9-23)31(37)25-16-14-24(15-17-25)30-34-32(38)39-35-30;/h2-17,21,26,29,33H,18-20H2,1H3,(H,34,35,38);1H/t21-,26-,29-;/m1./s1. The van der Waals surface area contributed by atoms with E-state index < -0.39 is 5.76 Å². The van der Waals surface area contributed by atoms with E-state index in [1.54, 1.807) is 24.3 Å². The van der Waals surface area contributed by atoms with Crippen molar-refractivity contribution in [2.75, 3.05) is 19.6 Å². The van der Waals surface area contributed by atoms with Gasteiger partial charge in [0.2, 0.25) is 0 Å². The van der Waals surface area contributed by atoms with Crippen molar-refractivity contribution in [3.8, 4) is 11.4 Å². The smallest absolute Gasteiger partial charge is 0.338 e. The van der Waals surface area contributed by atoms with Gasteiger partial charge in [-0.3, -0.25) is 14.3 Å². The molecule has 1 amide bonds. The fourth-order valence-electron chi connectivity index (χ4n) is 5.70. The van der Waals surface area contributed by atoms with E-state index in [0.717, 1.165) is 6.54 Å². The summed E-state index contributed by atoms with van der Waals surface area (Å²) in [5.41, 5.74) is 3.83. The molecule has 1 aromatic heterocycles. The number of rotatable bonds is 7. The van der Waals surface area contributed by atoms with Crippen LogP contribution in [-0.2, 0) is 0 Å². The Morgan fingerprint density at radius 3 is 2.45 bits per heavy atom. The topological polar surface area (TPSA) is 91.2 Å². The molecule has 1 saturated heterocycles. The number of nitrogens with one attached hydrogen (secondary N) is 2. The average Bonchev–Trinajstić information content (AvgIpc) is 3.62. The number of hydrogen-bond donors (Lipinski definition) is 2. The van der Waals surface area contributed by atoms with Crippen molar-refractivity contribution in [1.82, 2.24) is 20.4 Å². The number of likely N-dealkylation sites (tertiary alicyclic amines) is 1. The molecule has 0 aliphatic carbocycles. The van der Waals surface area contributed by atoms with Gasteiger partial charge in [-0.15, -0.1) is 12.4 Å². The van der Waals surface area contributed by atoms with Gasteiger partial charge in [0.25, 0.3) is 5.91 Å². The number of aromatic nitrogens is 2. The number of nitrogens with zero attached hydrogens (tertiary/aromatic N) is 2. The fraction of sp³-hybridized carbons (Fsp3) is 0.219. The predicted octanol–water partition coefficient (Wildman–Crippen LogP) is 5.81. The van der Waals surface area contributed by atoms with Gasteiger partial charge in [-0.1, -0.05) is 90.1 Å². The van der Waals surface area contributed by atoms with Gasteiger partial charge in [-0.2, -0.15) is 0 Å². The van der Waals surface area contributed by atoms with Gasteiger partial charge >= 0.3 is 5.76 Å². The molecule has 0 saturated carbocycles. The van der Waals surface area contributed by atoms with Crippen molar-refractivity contribution in [2.45, 2.75) is 18.9 Å². The molecule has 3 atom stereocenters. The largest absolute Gasteiger partial charge is 0.439 e. The second-order valence-electron chi connectivity index (χ2n) is 10.2. The highest BCUT2D eigenvalue weighted by Gasteiger charge is 2.36. The van der Waals surface area contributed by atoms with E-state index in [2.05, 4.69) is 93.6 Å². The third kappa shape index (κ3) is 5.57. The van der Waals surface area contributed by atoms with Gasteiger partial charge in [-0.05, 0) is 46.9 Å². The molecule has 0 radical (unpaired) electrons. The lowest BCUT2D eigenvalue weighted by Gasteiger charge is -2.23.